The summed E-state index contributed by atoms with van der Waals surface area (Å²) in [4.78, 5) is 0. The van der Waals surface area contributed by atoms with Crippen LogP contribution < -0.4 is 5.01 Å². The van der Waals surface area contributed by atoms with Crippen molar-refractivity contribution >= 4 is 23.0 Å². The van der Waals surface area contributed by atoms with Gasteiger partial charge in [-0.25, -0.2) is 4.39 Å². The van der Waals surface area contributed by atoms with Crippen LogP contribution in [0.5, 0.6) is 0 Å². The Hall–Kier alpha value is -2.17. The van der Waals surface area contributed by atoms with Gasteiger partial charge in [0.2, 0.25) is 0 Å². The Morgan fingerprint density at radius 2 is 1.74 bits per heavy atom. The molecule has 39 heavy (non-hydrogen) atoms. The SMILES string of the molecule is C[C@]12CC[C@H]3[C@@H](CC=C4C[C@@H](O)CC[C@@]43C)[C@@H]1CC[C@@H]2C1=NN(c2ccc(F)cc2)C(c2ccccc2Cl)C1. The molecule has 0 amide bonds. The van der Waals surface area contributed by atoms with Crippen molar-refractivity contribution in [2.75, 3.05) is 5.01 Å². The van der Waals surface area contributed by atoms with Crippen LogP contribution in [0.2, 0.25) is 5.02 Å². The zero-order valence-corrected chi connectivity index (χ0v) is 23.9. The van der Waals surface area contributed by atoms with E-state index in [4.69, 9.17) is 16.7 Å². The fourth-order valence-electron chi connectivity index (χ4n) is 9.75. The molecule has 5 heteroatoms. The average molecular weight is 547 g/mol. The summed E-state index contributed by atoms with van der Waals surface area (Å²) in [5.74, 6) is 2.41. The molecule has 7 rings (SSSR count). The highest BCUT2D eigenvalue weighted by Gasteiger charge is 2.59. The zero-order chi connectivity index (χ0) is 26.9. The summed E-state index contributed by atoms with van der Waals surface area (Å²) < 4.78 is 13.8. The molecule has 8 atom stereocenters. The highest BCUT2D eigenvalue weighted by atomic mass is 35.5. The van der Waals surface area contributed by atoms with Crippen LogP contribution in [-0.2, 0) is 0 Å². The fraction of sp³-hybridized carbons (Fsp3) is 0.559. The number of nitrogens with zero attached hydrogens (tertiary/aromatic N) is 2. The first-order chi connectivity index (χ1) is 18.8. The van der Waals surface area contributed by atoms with Gasteiger partial charge in [0, 0.05) is 23.1 Å². The van der Waals surface area contributed by atoms with Gasteiger partial charge in [0.05, 0.1) is 17.8 Å². The van der Waals surface area contributed by atoms with Crippen LogP contribution >= 0.6 is 11.6 Å². The molecule has 3 nitrogen and oxygen atoms in total. The van der Waals surface area contributed by atoms with Gasteiger partial charge in [0.25, 0.3) is 0 Å². The Balaban J connectivity index is 1.20. The first-order valence-electron chi connectivity index (χ1n) is 15.0. The molecule has 1 heterocycles. The lowest BCUT2D eigenvalue weighted by Gasteiger charge is -2.58. The van der Waals surface area contributed by atoms with Crippen LogP contribution in [0.25, 0.3) is 0 Å². The van der Waals surface area contributed by atoms with Gasteiger partial charge in [-0.1, -0.05) is 55.3 Å². The normalized spacial score (nSPS) is 39.5. The third-order valence-corrected chi connectivity index (χ3v) is 12.1. The number of aliphatic hydroxyl groups is 1. The number of hydrogen-bond acceptors (Lipinski definition) is 3. The summed E-state index contributed by atoms with van der Waals surface area (Å²) >= 11 is 6.72. The van der Waals surface area contributed by atoms with Gasteiger partial charge < -0.3 is 5.11 Å². The zero-order valence-electron chi connectivity index (χ0n) is 23.1. The second-order valence-corrected chi connectivity index (χ2v) is 13.9. The fourth-order valence-corrected chi connectivity index (χ4v) is 10.0. The quantitative estimate of drug-likeness (QED) is 0.391. The van der Waals surface area contributed by atoms with E-state index < -0.39 is 0 Å². The summed E-state index contributed by atoms with van der Waals surface area (Å²) in [5, 5.41) is 18.5. The Morgan fingerprint density at radius 1 is 0.949 bits per heavy atom. The molecule has 1 N–H and O–H groups in total. The lowest BCUT2D eigenvalue weighted by atomic mass is 9.47. The molecular weight excluding hydrogens is 507 g/mol. The molecule has 5 aliphatic rings. The van der Waals surface area contributed by atoms with Gasteiger partial charge in [0.15, 0.2) is 0 Å². The van der Waals surface area contributed by atoms with Crippen molar-refractivity contribution in [1.82, 2.24) is 0 Å². The molecule has 0 aromatic heterocycles. The second kappa shape index (κ2) is 9.45. The smallest absolute Gasteiger partial charge is 0.123 e. The molecule has 0 radical (unpaired) electrons. The largest absolute Gasteiger partial charge is 0.393 e. The van der Waals surface area contributed by atoms with Crippen molar-refractivity contribution in [3.05, 3.63) is 76.6 Å². The van der Waals surface area contributed by atoms with Gasteiger partial charge in [-0.3, -0.25) is 5.01 Å². The predicted octanol–water partition coefficient (Wildman–Crippen LogP) is 8.73. The van der Waals surface area contributed by atoms with Crippen LogP contribution in [0.3, 0.4) is 0 Å². The molecular formula is C34H40ClFN2O. The molecule has 4 aliphatic carbocycles. The van der Waals surface area contributed by atoms with Crippen LogP contribution in [0.1, 0.15) is 83.2 Å². The van der Waals surface area contributed by atoms with Crippen molar-refractivity contribution in [2.45, 2.75) is 83.8 Å². The maximum atomic E-state index is 13.8. The van der Waals surface area contributed by atoms with Crippen molar-refractivity contribution in [3.8, 4) is 0 Å². The van der Waals surface area contributed by atoms with Gasteiger partial charge in [-0.05, 0) is 116 Å². The van der Waals surface area contributed by atoms with E-state index in [9.17, 15) is 9.50 Å². The van der Waals surface area contributed by atoms with E-state index >= 15 is 0 Å². The number of benzene rings is 2. The molecule has 0 spiro atoms. The Kier molecular flexibility index (Phi) is 6.24. The number of hydrazone groups is 1. The number of aliphatic hydroxyl groups excluding tert-OH is 1. The van der Waals surface area contributed by atoms with Crippen LogP contribution in [-0.4, -0.2) is 16.9 Å². The molecule has 1 unspecified atom stereocenters. The topological polar surface area (TPSA) is 35.8 Å². The van der Waals surface area contributed by atoms with Crippen molar-refractivity contribution < 1.29 is 9.50 Å². The van der Waals surface area contributed by atoms with E-state index in [0.29, 0.717) is 11.8 Å². The van der Waals surface area contributed by atoms with Crippen LogP contribution in [0, 0.1) is 40.3 Å². The summed E-state index contributed by atoms with van der Waals surface area (Å²) in [6.45, 7) is 5.07. The van der Waals surface area contributed by atoms with Crippen molar-refractivity contribution in [1.29, 1.82) is 0 Å². The maximum Gasteiger partial charge on any atom is 0.123 e. The number of hydrogen-bond donors (Lipinski definition) is 1. The van der Waals surface area contributed by atoms with Gasteiger partial charge in [0.1, 0.15) is 5.82 Å². The molecule has 0 bridgehead atoms. The highest BCUT2D eigenvalue weighted by molar-refractivity contribution is 6.31. The number of anilines is 1. The minimum absolute atomic E-state index is 0.0194. The van der Waals surface area contributed by atoms with E-state index in [2.05, 4.69) is 31.0 Å². The Bertz CT molecular complexity index is 1320. The first kappa shape index (κ1) is 25.8. The summed E-state index contributed by atoms with van der Waals surface area (Å²) in [6.07, 6.45) is 12.4. The third kappa shape index (κ3) is 4.03. The first-order valence-corrected chi connectivity index (χ1v) is 15.4. The molecule has 2 aromatic rings. The average Bonchev–Trinajstić information content (AvgIpc) is 3.51. The third-order valence-electron chi connectivity index (χ3n) is 11.8. The molecule has 3 saturated carbocycles. The minimum atomic E-state index is -0.231. The van der Waals surface area contributed by atoms with Gasteiger partial charge in [-0.15, -0.1) is 0 Å². The monoisotopic (exact) mass is 546 g/mol. The van der Waals surface area contributed by atoms with Crippen molar-refractivity contribution in [3.63, 3.8) is 0 Å². The predicted molar refractivity (Wildman–Crippen MR) is 156 cm³/mol. The standard InChI is InChI=1S/C34H40ClFN2O/c1-33-17-15-24(39)19-21(33)7-12-25-27-13-14-29(34(27,2)18-16-28(25)33)31-20-32(26-5-3-4-6-30(26)35)38(37-31)23-10-8-22(36)9-11-23/h3-11,24-25,27-29,32,39H,12-20H2,1-2H3/t24-,25-,27-,28-,29+,32?,33-,34-/m0/s1. The van der Waals surface area contributed by atoms with E-state index in [0.717, 1.165) is 53.8 Å². The molecule has 206 valence electrons. The van der Waals surface area contributed by atoms with Crippen LogP contribution in [0.4, 0.5) is 10.1 Å². The maximum absolute atomic E-state index is 13.8. The van der Waals surface area contributed by atoms with Crippen molar-refractivity contribution in [2.24, 2.45) is 39.6 Å². The number of halogens is 2. The summed E-state index contributed by atoms with van der Waals surface area (Å²) in [6, 6.07) is 14.8. The lowest BCUT2D eigenvalue weighted by molar-refractivity contribution is -0.0424. The highest BCUT2D eigenvalue weighted by Crippen LogP contribution is 2.67. The van der Waals surface area contributed by atoms with E-state index in [-0.39, 0.29) is 28.8 Å². The lowest BCUT2D eigenvalue weighted by Crippen LogP contribution is -2.51. The number of fused-ring (bicyclic) bond motifs is 5. The number of allylic oxidation sites excluding steroid dienone is 1. The van der Waals surface area contributed by atoms with Gasteiger partial charge >= 0.3 is 0 Å². The minimum Gasteiger partial charge on any atom is -0.393 e. The van der Waals surface area contributed by atoms with E-state index in [1.54, 1.807) is 5.57 Å². The van der Waals surface area contributed by atoms with Gasteiger partial charge in [-0.2, -0.15) is 5.10 Å². The van der Waals surface area contributed by atoms with E-state index in [1.807, 2.05) is 30.3 Å². The Morgan fingerprint density at radius 3 is 2.54 bits per heavy atom. The molecule has 0 saturated heterocycles. The number of rotatable bonds is 3. The molecule has 3 fully saturated rings. The van der Waals surface area contributed by atoms with Crippen LogP contribution in [0.15, 0.2) is 65.3 Å². The Labute approximate surface area is 237 Å². The second-order valence-electron chi connectivity index (χ2n) is 13.5. The molecule has 2 aromatic carbocycles. The molecule has 1 aliphatic heterocycles. The van der Waals surface area contributed by atoms with E-state index in [1.165, 1.54) is 49.9 Å². The summed E-state index contributed by atoms with van der Waals surface area (Å²) in [5.41, 5.74) is 5.35. The summed E-state index contributed by atoms with van der Waals surface area (Å²) in [7, 11) is 0.